The van der Waals surface area contributed by atoms with E-state index in [2.05, 4.69) is 10.7 Å². The molecular formula is C30H29N3O9. The molecular weight excluding hydrogens is 546 g/mol. The van der Waals surface area contributed by atoms with Gasteiger partial charge in [-0.3, -0.25) is 25.2 Å². The van der Waals surface area contributed by atoms with Gasteiger partial charge in [0.25, 0.3) is 11.8 Å². The standard InChI is InChI=1S/C30H29N3O9/c1-4-23(34)31-22-15-13-19(14-16-22)26(35)32-33-27(36)24(41-29(39)20-9-5-17(2)6-10-20)25(28(37)38)42-30(40)21-11-7-18(3)8-12-21/h5-16,24-25H,4H2,1-3H3,(H,31,34)(H,32,35)(H,33,36)(H,37,38)/t24-,25+/m1/s1. The summed E-state index contributed by atoms with van der Waals surface area (Å²) >= 11 is 0. The normalized spacial score (nSPS) is 11.8. The number of aliphatic carboxylic acids is 1. The van der Waals surface area contributed by atoms with Crippen LogP contribution in [0.3, 0.4) is 0 Å². The van der Waals surface area contributed by atoms with Crippen molar-refractivity contribution in [2.75, 3.05) is 5.32 Å². The summed E-state index contributed by atoms with van der Waals surface area (Å²) in [5, 5.41) is 12.5. The number of esters is 2. The molecule has 0 unspecified atom stereocenters. The lowest BCUT2D eigenvalue weighted by atomic mass is 10.1. The van der Waals surface area contributed by atoms with E-state index in [0.29, 0.717) is 5.69 Å². The van der Waals surface area contributed by atoms with Crippen molar-refractivity contribution in [3.63, 3.8) is 0 Å². The van der Waals surface area contributed by atoms with Crippen molar-refractivity contribution in [2.24, 2.45) is 0 Å². The van der Waals surface area contributed by atoms with Gasteiger partial charge in [-0.1, -0.05) is 42.3 Å². The lowest BCUT2D eigenvalue weighted by Gasteiger charge is -2.23. The van der Waals surface area contributed by atoms with E-state index in [1.54, 1.807) is 45.0 Å². The second kappa shape index (κ2) is 14.2. The number of amides is 3. The first-order chi connectivity index (χ1) is 20.0. The molecule has 3 aromatic carbocycles. The third kappa shape index (κ3) is 8.49. The molecule has 12 nitrogen and oxygen atoms in total. The Kier molecular flexibility index (Phi) is 10.5. The number of carboxylic acids is 1. The minimum absolute atomic E-state index is 0.00254. The Hall–Kier alpha value is -5.52. The quantitative estimate of drug-likeness (QED) is 0.209. The molecule has 2 atom stereocenters. The van der Waals surface area contributed by atoms with Crippen LogP contribution in [0.15, 0.2) is 72.8 Å². The Balaban J connectivity index is 1.80. The van der Waals surface area contributed by atoms with Gasteiger partial charge in [-0.05, 0) is 62.4 Å². The van der Waals surface area contributed by atoms with Gasteiger partial charge in [-0.25, -0.2) is 14.4 Å². The predicted octanol–water partition coefficient (Wildman–Crippen LogP) is 2.95. The Morgan fingerprint density at radius 3 is 1.57 bits per heavy atom. The number of aryl methyl sites for hydroxylation is 2. The van der Waals surface area contributed by atoms with Crippen LogP contribution in [0, 0.1) is 13.8 Å². The molecule has 0 aliphatic rings. The Morgan fingerprint density at radius 2 is 1.12 bits per heavy atom. The maximum Gasteiger partial charge on any atom is 0.349 e. The number of ether oxygens (including phenoxy) is 2. The van der Waals surface area contributed by atoms with E-state index in [-0.39, 0.29) is 29.0 Å². The summed E-state index contributed by atoms with van der Waals surface area (Å²) in [6, 6.07) is 17.8. The van der Waals surface area contributed by atoms with Gasteiger partial charge in [0.15, 0.2) is 0 Å². The first kappa shape index (κ1) is 31.0. The zero-order valence-electron chi connectivity index (χ0n) is 23.0. The number of carbonyl (C=O) groups is 6. The lowest BCUT2D eigenvalue weighted by molar-refractivity contribution is -0.159. The number of hydrazine groups is 1. The summed E-state index contributed by atoms with van der Waals surface area (Å²) in [4.78, 5) is 74.9. The molecule has 42 heavy (non-hydrogen) atoms. The first-order valence-corrected chi connectivity index (χ1v) is 12.8. The second-order valence-corrected chi connectivity index (χ2v) is 9.14. The van der Waals surface area contributed by atoms with E-state index in [1.807, 2.05) is 5.43 Å². The molecule has 12 heteroatoms. The van der Waals surface area contributed by atoms with Crippen LogP contribution in [0.5, 0.6) is 0 Å². The molecule has 0 saturated carbocycles. The first-order valence-electron chi connectivity index (χ1n) is 12.8. The molecule has 0 aliphatic heterocycles. The van der Waals surface area contributed by atoms with Gasteiger partial charge in [-0.2, -0.15) is 0 Å². The summed E-state index contributed by atoms with van der Waals surface area (Å²) in [5.41, 5.74) is 6.33. The fraction of sp³-hybridized carbons (Fsp3) is 0.200. The van der Waals surface area contributed by atoms with E-state index in [1.165, 1.54) is 48.5 Å². The van der Waals surface area contributed by atoms with Crippen molar-refractivity contribution in [1.29, 1.82) is 0 Å². The average Bonchev–Trinajstić information content (AvgIpc) is 2.98. The van der Waals surface area contributed by atoms with Crippen LogP contribution >= 0.6 is 0 Å². The van der Waals surface area contributed by atoms with Crippen molar-refractivity contribution in [3.05, 3.63) is 101 Å². The summed E-state index contributed by atoms with van der Waals surface area (Å²) in [6.07, 6.45) is -4.20. The van der Waals surface area contributed by atoms with Gasteiger partial charge < -0.3 is 19.9 Å². The highest BCUT2D eigenvalue weighted by molar-refractivity contribution is 5.99. The number of carbonyl (C=O) groups excluding carboxylic acids is 5. The van der Waals surface area contributed by atoms with Crippen LogP contribution in [0.25, 0.3) is 0 Å². The van der Waals surface area contributed by atoms with E-state index >= 15 is 0 Å². The smallest absolute Gasteiger partial charge is 0.349 e. The number of benzene rings is 3. The number of hydrogen-bond acceptors (Lipinski definition) is 8. The Labute approximate surface area is 241 Å². The summed E-state index contributed by atoms with van der Waals surface area (Å²) in [7, 11) is 0. The summed E-state index contributed by atoms with van der Waals surface area (Å²) in [6.45, 7) is 5.25. The zero-order chi connectivity index (χ0) is 30.8. The molecule has 4 N–H and O–H groups in total. The topological polar surface area (TPSA) is 177 Å². The lowest BCUT2D eigenvalue weighted by Crippen LogP contribution is -2.54. The van der Waals surface area contributed by atoms with Gasteiger partial charge in [0.1, 0.15) is 0 Å². The van der Waals surface area contributed by atoms with Gasteiger partial charge in [0.05, 0.1) is 11.1 Å². The van der Waals surface area contributed by atoms with Crippen LogP contribution in [0.1, 0.15) is 55.5 Å². The molecule has 0 spiro atoms. The van der Waals surface area contributed by atoms with Gasteiger partial charge >= 0.3 is 17.9 Å². The fourth-order valence-corrected chi connectivity index (χ4v) is 3.46. The molecule has 0 aliphatic carbocycles. The second-order valence-electron chi connectivity index (χ2n) is 9.14. The van der Waals surface area contributed by atoms with Crippen molar-refractivity contribution in [2.45, 2.75) is 39.4 Å². The van der Waals surface area contributed by atoms with Crippen LogP contribution in [-0.2, 0) is 23.9 Å². The molecule has 3 aromatic rings. The highest BCUT2D eigenvalue weighted by Crippen LogP contribution is 2.15. The van der Waals surface area contributed by atoms with Gasteiger partial charge in [0.2, 0.25) is 18.1 Å². The van der Waals surface area contributed by atoms with Crippen LogP contribution in [0.2, 0.25) is 0 Å². The largest absolute Gasteiger partial charge is 0.478 e. The van der Waals surface area contributed by atoms with Crippen LogP contribution < -0.4 is 16.2 Å². The van der Waals surface area contributed by atoms with E-state index < -0.39 is 41.9 Å². The van der Waals surface area contributed by atoms with Crippen molar-refractivity contribution >= 4 is 41.3 Å². The number of hydrogen-bond donors (Lipinski definition) is 4. The predicted molar refractivity (Wildman–Crippen MR) is 149 cm³/mol. The molecule has 0 radical (unpaired) electrons. The molecule has 0 bridgehead atoms. The maximum atomic E-state index is 13.1. The molecule has 3 rings (SSSR count). The van der Waals surface area contributed by atoms with Crippen molar-refractivity contribution < 1.29 is 43.3 Å². The SMILES string of the molecule is CCC(=O)Nc1ccc(C(=O)NNC(=O)[C@H](OC(=O)c2ccc(C)cc2)[C@H](OC(=O)c2ccc(C)cc2)C(=O)O)cc1. The zero-order valence-corrected chi connectivity index (χ0v) is 23.0. The minimum Gasteiger partial charge on any atom is -0.478 e. The molecule has 0 aromatic heterocycles. The number of carboxylic acid groups (broad SMARTS) is 1. The Bertz CT molecular complexity index is 1470. The fourth-order valence-electron chi connectivity index (χ4n) is 3.46. The maximum absolute atomic E-state index is 13.1. The van der Waals surface area contributed by atoms with Crippen LogP contribution in [0.4, 0.5) is 5.69 Å². The highest BCUT2D eigenvalue weighted by atomic mass is 16.6. The van der Waals surface area contributed by atoms with Crippen molar-refractivity contribution in [1.82, 2.24) is 10.9 Å². The summed E-state index contributed by atoms with van der Waals surface area (Å²) < 4.78 is 10.3. The van der Waals surface area contributed by atoms with Gasteiger partial charge in [0, 0.05) is 17.7 Å². The molecule has 218 valence electrons. The van der Waals surface area contributed by atoms with E-state index in [0.717, 1.165) is 11.1 Å². The highest BCUT2D eigenvalue weighted by Gasteiger charge is 2.41. The van der Waals surface area contributed by atoms with E-state index in [9.17, 15) is 33.9 Å². The monoisotopic (exact) mass is 575 g/mol. The number of anilines is 1. The molecule has 0 fully saturated rings. The number of nitrogens with one attached hydrogen (secondary N) is 3. The third-order valence-electron chi connectivity index (χ3n) is 5.87. The Morgan fingerprint density at radius 1 is 0.667 bits per heavy atom. The van der Waals surface area contributed by atoms with Crippen LogP contribution in [-0.4, -0.2) is 52.9 Å². The average molecular weight is 576 g/mol. The van der Waals surface area contributed by atoms with E-state index in [4.69, 9.17) is 9.47 Å². The summed E-state index contributed by atoms with van der Waals surface area (Å²) in [5.74, 6) is -6.22. The molecule has 0 heterocycles. The third-order valence-corrected chi connectivity index (χ3v) is 5.87. The van der Waals surface area contributed by atoms with Crippen molar-refractivity contribution in [3.8, 4) is 0 Å². The molecule has 3 amide bonds. The minimum atomic E-state index is -2.27. The molecule has 0 saturated heterocycles. The van der Waals surface area contributed by atoms with Gasteiger partial charge in [-0.15, -0.1) is 0 Å². The number of rotatable bonds is 10.